The summed E-state index contributed by atoms with van der Waals surface area (Å²) in [6, 6.07) is 23.4. The summed E-state index contributed by atoms with van der Waals surface area (Å²) < 4.78 is 72.5. The van der Waals surface area contributed by atoms with Crippen molar-refractivity contribution in [2.75, 3.05) is 7.05 Å². The van der Waals surface area contributed by atoms with E-state index in [0.717, 1.165) is 12.1 Å². The van der Waals surface area contributed by atoms with E-state index in [0.29, 0.717) is 12.1 Å². The van der Waals surface area contributed by atoms with Gasteiger partial charge < -0.3 is 5.73 Å². The average Bonchev–Trinajstić information content (AvgIpc) is 2.70. The minimum Gasteiger partial charge on any atom is -0.333 e. The van der Waals surface area contributed by atoms with Gasteiger partial charge in [0.15, 0.2) is 0 Å². The summed E-state index contributed by atoms with van der Waals surface area (Å²) in [6.45, 7) is 0. The van der Waals surface area contributed by atoms with E-state index >= 15 is 0 Å². The molecule has 0 unspecified atom stereocenters. The largest absolute Gasteiger partial charge is 0.417 e. The molecule has 3 aromatic carbocycles. The predicted molar refractivity (Wildman–Crippen MR) is 98.4 cm³/mol. The first-order chi connectivity index (χ1) is 13.2. The molecule has 0 spiro atoms. The van der Waals surface area contributed by atoms with E-state index in [2.05, 4.69) is 54.3 Å². The van der Waals surface area contributed by atoms with Crippen molar-refractivity contribution in [1.29, 1.82) is 0 Å². The van der Waals surface area contributed by atoms with Gasteiger partial charge in [-0.3, -0.25) is 0 Å². The van der Waals surface area contributed by atoms with Gasteiger partial charge in [-0.05, 0) is 30.3 Å². The fourth-order valence-corrected chi connectivity index (χ4v) is 2.24. The highest BCUT2D eigenvalue weighted by Crippen LogP contribution is 2.39. The maximum Gasteiger partial charge on any atom is 0.417 e. The zero-order valence-corrected chi connectivity index (χ0v) is 14.9. The van der Waals surface area contributed by atoms with Gasteiger partial charge in [0.25, 0.3) is 0 Å². The first kappa shape index (κ1) is 23.2. The number of hydrogen-bond acceptors (Lipinski definition) is 1. The number of nitrogens with two attached hydrogens (primary N) is 1. The van der Waals surface area contributed by atoms with Crippen molar-refractivity contribution in [3.63, 3.8) is 0 Å². The number of rotatable bonds is 1. The van der Waals surface area contributed by atoms with Crippen LogP contribution in [-0.4, -0.2) is 7.05 Å². The topological polar surface area (TPSA) is 26.0 Å². The second-order valence-electron chi connectivity index (χ2n) is 5.27. The maximum atomic E-state index is 12.1. The Labute approximate surface area is 159 Å². The van der Waals surface area contributed by atoms with Crippen LogP contribution in [0.15, 0.2) is 84.9 Å². The molecule has 3 aromatic rings. The Kier molecular flexibility index (Phi) is 8.73. The fourth-order valence-electron chi connectivity index (χ4n) is 2.24. The molecule has 0 atom stereocenters. The van der Waals surface area contributed by atoms with Gasteiger partial charge in [-0.15, -0.1) is 0 Å². The van der Waals surface area contributed by atoms with Crippen LogP contribution in [0.25, 0.3) is 11.1 Å². The van der Waals surface area contributed by atoms with Crippen LogP contribution in [-0.2, 0) is 12.4 Å². The van der Waals surface area contributed by atoms with Crippen molar-refractivity contribution in [3.8, 4) is 11.1 Å². The molecule has 0 bridgehead atoms. The van der Waals surface area contributed by atoms with Crippen LogP contribution in [0.2, 0.25) is 0 Å². The molecule has 0 fully saturated rings. The Balaban J connectivity index is 0.000000259. The van der Waals surface area contributed by atoms with Crippen LogP contribution in [0.3, 0.4) is 0 Å². The molecule has 7 heteroatoms. The molecule has 3 rings (SSSR count). The Morgan fingerprint density at radius 2 is 0.714 bits per heavy atom. The predicted octanol–water partition coefficient (Wildman–Crippen LogP) is 6.65. The van der Waals surface area contributed by atoms with E-state index in [1.54, 1.807) is 0 Å². The summed E-state index contributed by atoms with van der Waals surface area (Å²) >= 11 is 0. The van der Waals surface area contributed by atoms with E-state index in [1.807, 2.05) is 12.1 Å². The van der Waals surface area contributed by atoms with Crippen molar-refractivity contribution in [2.45, 2.75) is 12.4 Å². The molecule has 0 aliphatic heterocycles. The minimum atomic E-state index is -4.98. The molecule has 0 aromatic heterocycles. The van der Waals surface area contributed by atoms with Gasteiger partial charge in [0.05, 0.1) is 11.1 Å². The highest BCUT2D eigenvalue weighted by Gasteiger charge is 2.42. The quantitative estimate of drug-likeness (QED) is 0.456. The van der Waals surface area contributed by atoms with Crippen LogP contribution in [0.5, 0.6) is 0 Å². The normalized spacial score (nSPS) is 10.9. The van der Waals surface area contributed by atoms with Crippen LogP contribution in [0.1, 0.15) is 11.1 Å². The number of hydrogen-bond donors (Lipinski definition) is 1. The smallest absolute Gasteiger partial charge is 0.333 e. The molecule has 28 heavy (non-hydrogen) atoms. The van der Waals surface area contributed by atoms with Gasteiger partial charge in [0.2, 0.25) is 0 Å². The Morgan fingerprint density at radius 3 is 0.964 bits per heavy atom. The van der Waals surface area contributed by atoms with Gasteiger partial charge >= 0.3 is 12.4 Å². The van der Waals surface area contributed by atoms with Gasteiger partial charge in [0.1, 0.15) is 0 Å². The zero-order valence-electron chi connectivity index (χ0n) is 14.9. The molecule has 0 heterocycles. The van der Waals surface area contributed by atoms with Crippen LogP contribution in [0, 0.1) is 0 Å². The lowest BCUT2D eigenvalue weighted by atomic mass is 10.1. The molecular formula is C21H19F6N. The highest BCUT2D eigenvalue weighted by atomic mass is 19.4. The van der Waals surface area contributed by atoms with E-state index in [-0.39, 0.29) is 0 Å². The summed E-state index contributed by atoms with van der Waals surface area (Å²) in [5, 5.41) is 0. The van der Waals surface area contributed by atoms with E-state index in [1.165, 1.54) is 18.2 Å². The van der Waals surface area contributed by atoms with Crippen LogP contribution < -0.4 is 5.73 Å². The summed E-state index contributed by atoms with van der Waals surface area (Å²) in [6.07, 6.45) is -9.96. The van der Waals surface area contributed by atoms with Crippen molar-refractivity contribution in [1.82, 2.24) is 0 Å². The Morgan fingerprint density at radius 1 is 0.464 bits per heavy atom. The summed E-state index contributed by atoms with van der Waals surface area (Å²) in [7, 11) is 1.50. The van der Waals surface area contributed by atoms with Gasteiger partial charge in [-0.1, -0.05) is 72.8 Å². The lowest BCUT2D eigenvalue weighted by Gasteiger charge is -2.14. The second-order valence-corrected chi connectivity index (χ2v) is 5.27. The summed E-state index contributed by atoms with van der Waals surface area (Å²) in [5.41, 5.74) is 3.73. The third kappa shape index (κ3) is 7.08. The van der Waals surface area contributed by atoms with Crippen LogP contribution >= 0.6 is 0 Å². The molecule has 0 radical (unpaired) electrons. The van der Waals surface area contributed by atoms with Crippen molar-refractivity contribution < 1.29 is 26.3 Å². The van der Waals surface area contributed by atoms with E-state index < -0.39 is 23.5 Å². The zero-order chi connectivity index (χ0) is 21.2. The monoisotopic (exact) mass is 399 g/mol. The molecule has 1 nitrogen and oxygen atoms in total. The van der Waals surface area contributed by atoms with Gasteiger partial charge in [0, 0.05) is 0 Å². The van der Waals surface area contributed by atoms with Crippen LogP contribution in [0.4, 0.5) is 26.3 Å². The fraction of sp³-hybridized carbons (Fsp3) is 0.143. The van der Waals surface area contributed by atoms with Gasteiger partial charge in [-0.2, -0.15) is 26.3 Å². The molecule has 0 amide bonds. The number of benzene rings is 3. The number of alkyl halides is 6. The highest BCUT2D eigenvalue weighted by molar-refractivity contribution is 5.62. The molecule has 2 N–H and O–H groups in total. The molecule has 0 saturated carbocycles. The third-order valence-corrected chi connectivity index (χ3v) is 3.42. The lowest BCUT2D eigenvalue weighted by Crippen LogP contribution is -2.15. The second kappa shape index (κ2) is 10.5. The Bertz CT molecular complexity index is 741. The lowest BCUT2D eigenvalue weighted by molar-refractivity contribution is -0.162. The standard InChI is InChI=1S/C12H10.C8H4F6.CH5N/c1-3-7-11(8-4-1)12-9-5-2-6-10-12;9-7(10,11)5-3-1-2-4-6(5)8(12,13)14;1-2/h1-10H;1-4H;2H2,1H3. The number of halogens is 6. The first-order valence-electron chi connectivity index (χ1n) is 8.11. The van der Waals surface area contributed by atoms with Crippen molar-refractivity contribution in [2.24, 2.45) is 5.73 Å². The maximum absolute atomic E-state index is 12.1. The average molecular weight is 399 g/mol. The minimum absolute atomic E-state index is 0.406. The van der Waals surface area contributed by atoms with Crippen molar-refractivity contribution in [3.05, 3.63) is 96.1 Å². The van der Waals surface area contributed by atoms with Gasteiger partial charge in [-0.25, -0.2) is 0 Å². The molecule has 150 valence electrons. The van der Waals surface area contributed by atoms with E-state index in [9.17, 15) is 26.3 Å². The van der Waals surface area contributed by atoms with Crippen molar-refractivity contribution >= 4 is 0 Å². The first-order valence-corrected chi connectivity index (χ1v) is 8.11. The van der Waals surface area contributed by atoms with E-state index in [4.69, 9.17) is 0 Å². The molecule has 0 aliphatic rings. The molecular weight excluding hydrogens is 380 g/mol. The SMILES string of the molecule is CN.FC(F)(F)c1ccccc1C(F)(F)F.c1ccc(-c2ccccc2)cc1. The molecule has 0 saturated heterocycles. The summed E-state index contributed by atoms with van der Waals surface area (Å²) in [4.78, 5) is 0. The third-order valence-electron chi connectivity index (χ3n) is 3.42. The molecule has 0 aliphatic carbocycles. The Hall–Kier alpha value is -2.80. The summed E-state index contributed by atoms with van der Waals surface area (Å²) in [5.74, 6) is 0.